The number of benzene rings is 2. The van der Waals surface area contributed by atoms with Crippen LogP contribution in [0.4, 0.5) is 0 Å². The van der Waals surface area contributed by atoms with Crippen LogP contribution in [0.5, 0.6) is 5.75 Å². The quantitative estimate of drug-likeness (QED) is 0.917. The molecule has 0 saturated heterocycles. The van der Waals surface area contributed by atoms with Gasteiger partial charge < -0.3 is 9.84 Å². The molecule has 0 heterocycles. The molecule has 0 fully saturated rings. The largest absolute Gasteiger partial charge is 0.496 e. The molecule has 0 radical (unpaired) electrons. The Balaban J connectivity index is 2.46. The number of carbonyl (C=O) groups is 1. The van der Waals surface area contributed by atoms with E-state index in [2.05, 4.69) is 0 Å². The fourth-order valence-corrected chi connectivity index (χ4v) is 3.60. The van der Waals surface area contributed by atoms with Crippen molar-refractivity contribution in [2.24, 2.45) is 0 Å². The molecular weight excluding hydrogens is 292 g/mol. The van der Waals surface area contributed by atoms with Crippen molar-refractivity contribution in [3.63, 3.8) is 0 Å². The van der Waals surface area contributed by atoms with E-state index in [4.69, 9.17) is 9.84 Å². The maximum absolute atomic E-state index is 12.5. The van der Waals surface area contributed by atoms with Crippen LogP contribution in [-0.2, 0) is 15.6 Å². The van der Waals surface area contributed by atoms with Crippen molar-refractivity contribution in [2.45, 2.75) is 10.6 Å². The van der Waals surface area contributed by atoms with Crippen LogP contribution >= 0.6 is 0 Å². The third kappa shape index (κ3) is 3.22. The van der Waals surface area contributed by atoms with Gasteiger partial charge in [0.1, 0.15) is 5.75 Å². The minimum Gasteiger partial charge on any atom is -0.496 e. The van der Waals surface area contributed by atoms with Gasteiger partial charge >= 0.3 is 5.97 Å². The van der Waals surface area contributed by atoms with E-state index >= 15 is 0 Å². The monoisotopic (exact) mass is 306 g/mol. The lowest BCUT2D eigenvalue weighted by atomic mass is 10.2. The van der Waals surface area contributed by atoms with E-state index in [1.807, 2.05) is 0 Å². The number of carboxylic acid groups (broad SMARTS) is 1. The molecule has 2 aromatic rings. The van der Waals surface area contributed by atoms with E-state index in [0.717, 1.165) is 0 Å². The van der Waals surface area contributed by atoms with Crippen LogP contribution in [0.15, 0.2) is 53.4 Å². The Morgan fingerprint density at radius 2 is 1.71 bits per heavy atom. The van der Waals surface area contributed by atoms with Gasteiger partial charge in [-0.25, -0.2) is 13.2 Å². The number of hydrogen-bond donors (Lipinski definition) is 1. The van der Waals surface area contributed by atoms with Crippen LogP contribution in [0.3, 0.4) is 0 Å². The highest BCUT2D eigenvalue weighted by molar-refractivity contribution is 7.90. The Hall–Kier alpha value is -2.34. The van der Waals surface area contributed by atoms with Gasteiger partial charge in [-0.1, -0.05) is 30.3 Å². The fourth-order valence-electron chi connectivity index (χ4n) is 2.02. The number of ether oxygens (including phenoxy) is 1. The molecule has 5 nitrogen and oxygen atoms in total. The smallest absolute Gasteiger partial charge is 0.337 e. The normalized spacial score (nSPS) is 11.1. The predicted octanol–water partition coefficient (Wildman–Crippen LogP) is 2.37. The van der Waals surface area contributed by atoms with E-state index in [9.17, 15) is 13.2 Å². The lowest BCUT2D eigenvalue weighted by Crippen LogP contribution is -2.11. The second-order valence-electron chi connectivity index (χ2n) is 4.37. The molecule has 1 N–H and O–H groups in total. The Morgan fingerprint density at radius 1 is 1.10 bits per heavy atom. The van der Waals surface area contributed by atoms with Gasteiger partial charge in [0.15, 0.2) is 9.84 Å². The second kappa shape index (κ2) is 5.97. The summed E-state index contributed by atoms with van der Waals surface area (Å²) in [5.74, 6) is -1.13. The number of aromatic carboxylic acids is 1. The number of hydrogen-bond acceptors (Lipinski definition) is 4. The van der Waals surface area contributed by atoms with Crippen molar-refractivity contribution < 1.29 is 23.1 Å². The van der Waals surface area contributed by atoms with Crippen LogP contribution in [0.25, 0.3) is 0 Å². The van der Waals surface area contributed by atoms with Crippen molar-refractivity contribution in [1.82, 2.24) is 0 Å². The Kier molecular flexibility index (Phi) is 4.28. The van der Waals surface area contributed by atoms with Crippen LogP contribution in [0, 0.1) is 0 Å². The van der Waals surface area contributed by atoms with Crippen LogP contribution in [0.1, 0.15) is 15.9 Å². The first-order valence-electron chi connectivity index (χ1n) is 6.12. The molecule has 0 aliphatic rings. The molecule has 0 amide bonds. The SMILES string of the molecule is COc1ccccc1CS(=O)(=O)c1ccccc1C(=O)O. The van der Waals surface area contributed by atoms with Crippen LogP contribution in [-0.4, -0.2) is 26.6 Å². The molecule has 0 unspecified atom stereocenters. The lowest BCUT2D eigenvalue weighted by Gasteiger charge is -2.10. The molecular formula is C15H14O5S. The summed E-state index contributed by atoms with van der Waals surface area (Å²) in [5, 5.41) is 9.11. The summed E-state index contributed by atoms with van der Waals surface area (Å²) in [7, 11) is -2.33. The summed E-state index contributed by atoms with van der Waals surface area (Å²) in [6, 6.07) is 12.3. The van der Waals surface area contributed by atoms with E-state index < -0.39 is 15.8 Å². The molecule has 2 rings (SSSR count). The first-order valence-corrected chi connectivity index (χ1v) is 7.78. The standard InChI is InChI=1S/C15H14O5S/c1-20-13-8-4-2-6-11(13)10-21(18,19)14-9-5-3-7-12(14)15(16)17/h2-9H,10H2,1H3,(H,16,17). The molecule has 6 heteroatoms. The molecule has 21 heavy (non-hydrogen) atoms. The summed E-state index contributed by atoms with van der Waals surface area (Å²) in [6.07, 6.45) is 0. The highest BCUT2D eigenvalue weighted by atomic mass is 32.2. The predicted molar refractivity (Wildman–Crippen MR) is 77.3 cm³/mol. The molecule has 0 saturated carbocycles. The highest BCUT2D eigenvalue weighted by Crippen LogP contribution is 2.25. The van der Waals surface area contributed by atoms with E-state index in [1.165, 1.54) is 31.4 Å². The first kappa shape index (κ1) is 15.1. The Bertz CT molecular complexity index is 765. The molecule has 0 aliphatic heterocycles. The maximum atomic E-state index is 12.5. The minimum absolute atomic E-state index is 0.191. The summed E-state index contributed by atoms with van der Waals surface area (Å²) in [5.41, 5.74) is 0.257. The molecule has 0 aromatic heterocycles. The number of para-hydroxylation sites is 1. The maximum Gasteiger partial charge on any atom is 0.337 e. The van der Waals surface area contributed by atoms with Crippen molar-refractivity contribution in [3.8, 4) is 5.75 Å². The molecule has 2 aromatic carbocycles. The molecule has 0 atom stereocenters. The molecule has 0 spiro atoms. The van der Waals surface area contributed by atoms with Crippen molar-refractivity contribution in [2.75, 3.05) is 7.11 Å². The fraction of sp³-hybridized carbons (Fsp3) is 0.133. The zero-order valence-electron chi connectivity index (χ0n) is 11.3. The summed E-state index contributed by atoms with van der Waals surface area (Å²) >= 11 is 0. The van der Waals surface area contributed by atoms with Gasteiger partial charge in [0, 0.05) is 5.56 Å². The minimum atomic E-state index is -3.78. The lowest BCUT2D eigenvalue weighted by molar-refractivity contribution is 0.0692. The summed E-state index contributed by atoms with van der Waals surface area (Å²) in [6.45, 7) is 0. The van der Waals surface area contributed by atoms with Crippen LogP contribution in [0.2, 0.25) is 0 Å². The van der Waals surface area contributed by atoms with E-state index in [1.54, 1.807) is 24.3 Å². The van der Waals surface area contributed by atoms with Crippen molar-refractivity contribution >= 4 is 15.8 Å². The average molecular weight is 306 g/mol. The Morgan fingerprint density at radius 3 is 2.38 bits per heavy atom. The van der Waals surface area contributed by atoms with E-state index in [0.29, 0.717) is 11.3 Å². The molecule has 0 aliphatic carbocycles. The van der Waals surface area contributed by atoms with Gasteiger partial charge in [0.05, 0.1) is 23.3 Å². The number of rotatable bonds is 5. The third-order valence-corrected chi connectivity index (χ3v) is 4.71. The van der Waals surface area contributed by atoms with Gasteiger partial charge in [0.25, 0.3) is 0 Å². The average Bonchev–Trinajstić information content (AvgIpc) is 2.47. The summed E-state index contributed by atoms with van der Waals surface area (Å²) in [4.78, 5) is 11.0. The molecule has 110 valence electrons. The van der Waals surface area contributed by atoms with E-state index in [-0.39, 0.29) is 16.2 Å². The summed E-state index contributed by atoms with van der Waals surface area (Å²) < 4.78 is 30.1. The van der Waals surface area contributed by atoms with Gasteiger partial charge in [-0.15, -0.1) is 0 Å². The zero-order chi connectivity index (χ0) is 15.5. The first-order chi connectivity index (χ1) is 9.95. The van der Waals surface area contributed by atoms with Crippen molar-refractivity contribution in [3.05, 3.63) is 59.7 Å². The topological polar surface area (TPSA) is 80.7 Å². The van der Waals surface area contributed by atoms with Gasteiger partial charge in [-0.05, 0) is 18.2 Å². The Labute approximate surface area is 122 Å². The number of carboxylic acids is 1. The number of methoxy groups -OCH3 is 1. The van der Waals surface area contributed by atoms with Crippen LogP contribution < -0.4 is 4.74 Å². The van der Waals surface area contributed by atoms with Gasteiger partial charge in [-0.3, -0.25) is 0 Å². The van der Waals surface area contributed by atoms with Gasteiger partial charge in [-0.2, -0.15) is 0 Å². The third-order valence-electron chi connectivity index (χ3n) is 2.99. The second-order valence-corrected chi connectivity index (χ2v) is 6.33. The van der Waals surface area contributed by atoms with Crippen molar-refractivity contribution in [1.29, 1.82) is 0 Å². The number of sulfone groups is 1. The molecule has 0 bridgehead atoms. The van der Waals surface area contributed by atoms with Gasteiger partial charge in [0.2, 0.25) is 0 Å². The zero-order valence-corrected chi connectivity index (χ0v) is 12.1. The highest BCUT2D eigenvalue weighted by Gasteiger charge is 2.23.